The zero-order valence-corrected chi connectivity index (χ0v) is 16.7. The fraction of sp³-hybridized carbons (Fsp3) is 0.286. The van der Waals surface area contributed by atoms with Gasteiger partial charge in [0.15, 0.2) is 0 Å². The van der Waals surface area contributed by atoms with Crippen LogP contribution >= 0.6 is 0 Å². The zero-order chi connectivity index (χ0) is 22.2. The Morgan fingerprint density at radius 2 is 1.80 bits per heavy atom. The lowest BCUT2D eigenvalue weighted by molar-refractivity contribution is -0.137. The van der Waals surface area contributed by atoms with Crippen LogP contribution in [0.25, 0.3) is 0 Å². The number of amides is 3. The van der Waals surface area contributed by atoms with Crippen molar-refractivity contribution in [2.45, 2.75) is 39.3 Å². The molecular weight excluding hydrogens is 397 g/mol. The molecule has 0 radical (unpaired) electrons. The number of alkyl halides is 3. The molecule has 158 valence electrons. The Balaban J connectivity index is 2.21. The van der Waals surface area contributed by atoms with Crippen molar-refractivity contribution >= 4 is 29.0 Å². The van der Waals surface area contributed by atoms with Gasteiger partial charge in [0.05, 0.1) is 17.0 Å². The third-order valence-electron chi connectivity index (χ3n) is 4.85. The molecule has 3 rings (SSSR count). The van der Waals surface area contributed by atoms with Gasteiger partial charge in [-0.1, -0.05) is 19.1 Å². The normalized spacial score (nSPS) is 16.6. The SMILES string of the molecule is CC/C(=N/NC(N)=O)C1C(=O)N(c2cc(C)cc(C)c2)c2cc(C(F)(F)F)ccc21. The second kappa shape index (κ2) is 7.81. The van der Waals surface area contributed by atoms with Gasteiger partial charge in [-0.2, -0.15) is 18.3 Å². The Kier molecular flexibility index (Phi) is 5.56. The number of hydrazone groups is 1. The molecule has 6 nitrogen and oxygen atoms in total. The Bertz CT molecular complexity index is 1030. The fourth-order valence-electron chi connectivity index (χ4n) is 3.68. The predicted octanol–water partition coefficient (Wildman–Crippen LogP) is 4.52. The molecule has 0 saturated heterocycles. The van der Waals surface area contributed by atoms with E-state index < -0.39 is 29.6 Å². The van der Waals surface area contributed by atoms with E-state index in [0.29, 0.717) is 17.0 Å². The highest BCUT2D eigenvalue weighted by atomic mass is 19.4. The van der Waals surface area contributed by atoms with Gasteiger partial charge in [-0.05, 0) is 61.2 Å². The molecule has 1 unspecified atom stereocenters. The molecule has 0 aliphatic carbocycles. The topological polar surface area (TPSA) is 87.8 Å². The van der Waals surface area contributed by atoms with Gasteiger partial charge in [0.1, 0.15) is 5.92 Å². The van der Waals surface area contributed by atoms with Gasteiger partial charge in [0.25, 0.3) is 0 Å². The molecule has 2 aromatic rings. The van der Waals surface area contributed by atoms with Crippen LogP contribution < -0.4 is 16.1 Å². The summed E-state index contributed by atoms with van der Waals surface area (Å²) < 4.78 is 40.1. The molecular formula is C21H21F3N4O2. The minimum Gasteiger partial charge on any atom is -0.350 e. The van der Waals surface area contributed by atoms with E-state index in [4.69, 9.17) is 5.73 Å². The first kappa shape index (κ1) is 21.4. The number of anilines is 2. The second-order valence-corrected chi connectivity index (χ2v) is 7.16. The molecule has 3 amide bonds. The summed E-state index contributed by atoms with van der Waals surface area (Å²) in [5.41, 5.74) is 9.36. The fourth-order valence-corrected chi connectivity index (χ4v) is 3.68. The number of carbonyl (C=O) groups excluding carboxylic acids is 2. The predicted molar refractivity (Wildman–Crippen MR) is 108 cm³/mol. The molecule has 0 bridgehead atoms. The van der Waals surface area contributed by atoms with Crippen molar-refractivity contribution in [1.29, 1.82) is 0 Å². The largest absolute Gasteiger partial charge is 0.416 e. The highest BCUT2D eigenvalue weighted by Gasteiger charge is 2.43. The average molecular weight is 418 g/mol. The number of halogens is 3. The van der Waals surface area contributed by atoms with Gasteiger partial charge in [-0.25, -0.2) is 10.2 Å². The highest BCUT2D eigenvalue weighted by Crippen LogP contribution is 2.45. The summed E-state index contributed by atoms with van der Waals surface area (Å²) in [5, 5.41) is 3.93. The van der Waals surface area contributed by atoms with Crippen molar-refractivity contribution in [1.82, 2.24) is 5.43 Å². The molecule has 1 heterocycles. The summed E-state index contributed by atoms with van der Waals surface area (Å²) in [6.07, 6.45) is -4.27. The molecule has 0 saturated carbocycles. The number of aryl methyl sites for hydroxylation is 2. The third kappa shape index (κ3) is 4.00. The summed E-state index contributed by atoms with van der Waals surface area (Å²) >= 11 is 0. The third-order valence-corrected chi connectivity index (χ3v) is 4.85. The van der Waals surface area contributed by atoms with Crippen molar-refractivity contribution < 1.29 is 22.8 Å². The quantitative estimate of drug-likeness (QED) is 0.565. The molecule has 1 aliphatic rings. The molecule has 1 atom stereocenters. The van der Waals surface area contributed by atoms with Gasteiger partial charge in [-0.15, -0.1) is 0 Å². The Labute approximate surface area is 171 Å². The number of urea groups is 1. The Hall–Kier alpha value is -3.36. The van der Waals surface area contributed by atoms with E-state index in [-0.39, 0.29) is 12.1 Å². The lowest BCUT2D eigenvalue weighted by atomic mass is 9.93. The molecule has 9 heteroatoms. The lowest BCUT2D eigenvalue weighted by Crippen LogP contribution is -2.31. The van der Waals surface area contributed by atoms with Crippen LogP contribution in [0, 0.1) is 13.8 Å². The van der Waals surface area contributed by atoms with Crippen molar-refractivity contribution in [3.63, 3.8) is 0 Å². The van der Waals surface area contributed by atoms with E-state index in [1.165, 1.54) is 11.0 Å². The first-order chi connectivity index (χ1) is 14.0. The molecule has 30 heavy (non-hydrogen) atoms. The number of nitrogens with two attached hydrogens (primary N) is 1. The van der Waals surface area contributed by atoms with Crippen LogP contribution in [-0.4, -0.2) is 17.6 Å². The Morgan fingerprint density at radius 1 is 1.17 bits per heavy atom. The van der Waals surface area contributed by atoms with E-state index in [0.717, 1.165) is 23.3 Å². The first-order valence-electron chi connectivity index (χ1n) is 9.28. The Morgan fingerprint density at radius 3 is 2.33 bits per heavy atom. The van der Waals surface area contributed by atoms with Gasteiger partial charge >= 0.3 is 12.2 Å². The highest BCUT2D eigenvalue weighted by molar-refractivity contribution is 6.22. The number of fused-ring (bicyclic) bond motifs is 1. The van der Waals surface area contributed by atoms with Crippen LogP contribution in [0.1, 0.15) is 41.5 Å². The maximum absolute atomic E-state index is 13.4. The summed E-state index contributed by atoms with van der Waals surface area (Å²) in [7, 11) is 0. The van der Waals surface area contributed by atoms with Crippen LogP contribution in [0.5, 0.6) is 0 Å². The maximum Gasteiger partial charge on any atom is 0.416 e. The second-order valence-electron chi connectivity index (χ2n) is 7.16. The number of nitrogens with one attached hydrogen (secondary N) is 1. The minimum absolute atomic E-state index is 0.144. The summed E-state index contributed by atoms with van der Waals surface area (Å²) in [6.45, 7) is 5.42. The van der Waals surface area contributed by atoms with E-state index in [2.05, 4.69) is 10.5 Å². The van der Waals surface area contributed by atoms with Crippen LogP contribution in [0.3, 0.4) is 0 Å². The van der Waals surface area contributed by atoms with Crippen molar-refractivity contribution in [2.75, 3.05) is 4.90 Å². The van der Waals surface area contributed by atoms with E-state index in [1.54, 1.807) is 19.1 Å². The van der Waals surface area contributed by atoms with Gasteiger partial charge < -0.3 is 5.73 Å². The number of primary amides is 1. The lowest BCUT2D eigenvalue weighted by Gasteiger charge is -2.20. The number of rotatable bonds is 4. The maximum atomic E-state index is 13.4. The van der Waals surface area contributed by atoms with Crippen molar-refractivity contribution in [3.8, 4) is 0 Å². The number of hydrogen-bond acceptors (Lipinski definition) is 3. The standard InChI is InChI=1S/C21H21F3N4O2/c1-4-16(26-27-20(25)30)18-15-6-5-13(21(22,23)24)10-17(15)28(19(18)29)14-8-11(2)7-12(3)9-14/h5-10,18H,4H2,1-3H3,(H3,25,27,30)/b26-16-. The van der Waals surface area contributed by atoms with Gasteiger partial charge in [-0.3, -0.25) is 9.69 Å². The molecule has 0 aromatic heterocycles. The average Bonchev–Trinajstić information content (AvgIpc) is 2.92. The summed E-state index contributed by atoms with van der Waals surface area (Å²) in [4.78, 5) is 25.8. The molecule has 0 fully saturated rings. The van der Waals surface area contributed by atoms with Crippen LogP contribution in [-0.2, 0) is 11.0 Å². The van der Waals surface area contributed by atoms with Crippen molar-refractivity contribution in [2.24, 2.45) is 10.8 Å². The van der Waals surface area contributed by atoms with E-state index >= 15 is 0 Å². The zero-order valence-electron chi connectivity index (χ0n) is 16.7. The van der Waals surface area contributed by atoms with Gasteiger partial charge in [0.2, 0.25) is 5.91 Å². The van der Waals surface area contributed by atoms with Crippen LogP contribution in [0.15, 0.2) is 41.5 Å². The van der Waals surface area contributed by atoms with Crippen molar-refractivity contribution in [3.05, 3.63) is 58.7 Å². The number of nitrogens with zero attached hydrogens (tertiary/aromatic N) is 2. The first-order valence-corrected chi connectivity index (χ1v) is 9.28. The summed E-state index contributed by atoms with van der Waals surface area (Å²) in [5.74, 6) is -1.37. The number of benzene rings is 2. The molecule has 1 aliphatic heterocycles. The van der Waals surface area contributed by atoms with Crippen LogP contribution in [0.2, 0.25) is 0 Å². The minimum atomic E-state index is -4.56. The molecule has 0 spiro atoms. The molecule has 3 N–H and O–H groups in total. The van der Waals surface area contributed by atoms with E-state index in [1.807, 2.05) is 19.9 Å². The smallest absolute Gasteiger partial charge is 0.350 e. The molecule has 2 aromatic carbocycles. The number of carbonyl (C=O) groups is 2. The monoisotopic (exact) mass is 418 g/mol. The van der Waals surface area contributed by atoms with E-state index in [9.17, 15) is 22.8 Å². The summed E-state index contributed by atoms with van der Waals surface area (Å²) in [6, 6.07) is 7.69. The van der Waals surface area contributed by atoms with Crippen LogP contribution in [0.4, 0.5) is 29.3 Å². The number of hydrogen-bond donors (Lipinski definition) is 2. The van der Waals surface area contributed by atoms with Gasteiger partial charge in [0, 0.05) is 5.69 Å².